The van der Waals surface area contributed by atoms with Gasteiger partial charge in [0, 0.05) is 36.4 Å². The van der Waals surface area contributed by atoms with Crippen LogP contribution in [0.1, 0.15) is 36.0 Å². The third-order valence-corrected chi connectivity index (χ3v) is 5.93. The highest BCUT2D eigenvalue weighted by Crippen LogP contribution is 2.34. The zero-order valence-corrected chi connectivity index (χ0v) is 16.6. The van der Waals surface area contributed by atoms with Gasteiger partial charge in [0.1, 0.15) is 17.6 Å². The Morgan fingerprint density at radius 1 is 1.07 bits per heavy atom. The van der Waals surface area contributed by atoms with Gasteiger partial charge in [0.25, 0.3) is 0 Å². The molecule has 1 saturated carbocycles. The molecule has 1 aliphatic carbocycles. The standard InChI is InChI=1S/C23H24F2N2O2/c1-14-3-6-19(11-15(14)2)26-10-9-20(22(26)28)23(29)27(18-7-8-18)13-16-4-5-17(24)12-21(16)25/h3-6,11-12,18,20H,7-10,13H2,1-2H3. The molecule has 1 atom stereocenters. The first kappa shape index (κ1) is 19.6. The molecule has 29 heavy (non-hydrogen) atoms. The third-order valence-electron chi connectivity index (χ3n) is 5.93. The van der Waals surface area contributed by atoms with E-state index in [9.17, 15) is 18.4 Å². The number of aryl methyl sites for hydroxylation is 2. The molecule has 4 rings (SSSR count). The fourth-order valence-corrected chi connectivity index (χ4v) is 3.87. The lowest BCUT2D eigenvalue weighted by molar-refractivity contribution is -0.140. The monoisotopic (exact) mass is 398 g/mol. The molecule has 2 aliphatic rings. The minimum Gasteiger partial charge on any atom is -0.335 e. The predicted molar refractivity (Wildman–Crippen MR) is 106 cm³/mol. The van der Waals surface area contributed by atoms with Crippen molar-refractivity contribution >= 4 is 17.5 Å². The molecule has 2 aromatic carbocycles. The number of benzene rings is 2. The molecule has 4 nitrogen and oxygen atoms in total. The molecule has 2 fully saturated rings. The number of carbonyl (C=O) groups is 2. The lowest BCUT2D eigenvalue weighted by Crippen LogP contribution is -2.41. The minimum absolute atomic E-state index is 0.0235. The molecule has 1 aliphatic heterocycles. The van der Waals surface area contributed by atoms with Crippen LogP contribution in [0, 0.1) is 31.4 Å². The van der Waals surface area contributed by atoms with Crippen LogP contribution in [0.3, 0.4) is 0 Å². The number of amides is 2. The lowest BCUT2D eigenvalue weighted by atomic mass is 10.1. The van der Waals surface area contributed by atoms with Gasteiger partial charge in [-0.25, -0.2) is 8.78 Å². The summed E-state index contributed by atoms with van der Waals surface area (Å²) < 4.78 is 27.3. The van der Waals surface area contributed by atoms with E-state index in [1.165, 1.54) is 12.1 Å². The van der Waals surface area contributed by atoms with E-state index < -0.39 is 17.6 Å². The summed E-state index contributed by atoms with van der Waals surface area (Å²) in [6.07, 6.45) is 2.13. The van der Waals surface area contributed by atoms with E-state index >= 15 is 0 Å². The predicted octanol–water partition coefficient (Wildman–Crippen LogP) is 4.13. The van der Waals surface area contributed by atoms with Crippen LogP contribution in [0.5, 0.6) is 0 Å². The van der Waals surface area contributed by atoms with E-state index in [-0.39, 0.29) is 30.0 Å². The molecule has 0 N–H and O–H groups in total. The zero-order chi connectivity index (χ0) is 20.7. The van der Waals surface area contributed by atoms with Crippen molar-refractivity contribution in [3.05, 3.63) is 64.7 Å². The summed E-state index contributed by atoms with van der Waals surface area (Å²) in [4.78, 5) is 29.5. The molecular weight excluding hydrogens is 374 g/mol. The van der Waals surface area contributed by atoms with Crippen molar-refractivity contribution in [1.29, 1.82) is 0 Å². The SMILES string of the molecule is Cc1ccc(N2CCC(C(=O)N(Cc3ccc(F)cc3F)C3CC3)C2=O)cc1C. The molecule has 0 bridgehead atoms. The molecule has 2 amide bonds. The Morgan fingerprint density at radius 2 is 1.83 bits per heavy atom. The van der Waals surface area contributed by atoms with Gasteiger partial charge in [-0.15, -0.1) is 0 Å². The molecule has 1 unspecified atom stereocenters. The van der Waals surface area contributed by atoms with Gasteiger partial charge in [-0.1, -0.05) is 12.1 Å². The van der Waals surface area contributed by atoms with Gasteiger partial charge < -0.3 is 9.80 Å². The number of anilines is 1. The largest absolute Gasteiger partial charge is 0.335 e. The second-order valence-electron chi connectivity index (χ2n) is 8.03. The molecule has 0 aromatic heterocycles. The van der Waals surface area contributed by atoms with Crippen molar-refractivity contribution in [3.8, 4) is 0 Å². The van der Waals surface area contributed by atoms with Crippen LogP contribution in [-0.2, 0) is 16.1 Å². The maximum absolute atomic E-state index is 14.1. The van der Waals surface area contributed by atoms with Crippen molar-refractivity contribution < 1.29 is 18.4 Å². The van der Waals surface area contributed by atoms with E-state index in [2.05, 4.69) is 0 Å². The van der Waals surface area contributed by atoms with Gasteiger partial charge in [-0.2, -0.15) is 0 Å². The third kappa shape index (κ3) is 3.88. The normalized spacial score (nSPS) is 19.0. The Morgan fingerprint density at radius 3 is 2.48 bits per heavy atom. The molecule has 0 radical (unpaired) electrons. The molecule has 1 saturated heterocycles. The Balaban J connectivity index is 1.52. The lowest BCUT2D eigenvalue weighted by Gasteiger charge is -2.26. The quantitative estimate of drug-likeness (QED) is 0.711. The fourth-order valence-electron chi connectivity index (χ4n) is 3.87. The Bertz CT molecular complexity index is 971. The fraction of sp³-hybridized carbons (Fsp3) is 0.391. The number of nitrogens with zero attached hydrogens (tertiary/aromatic N) is 2. The van der Waals surface area contributed by atoms with Crippen LogP contribution in [0.15, 0.2) is 36.4 Å². The summed E-state index contributed by atoms with van der Waals surface area (Å²) in [5.41, 5.74) is 3.31. The summed E-state index contributed by atoms with van der Waals surface area (Å²) >= 11 is 0. The average molecular weight is 398 g/mol. The van der Waals surface area contributed by atoms with Crippen molar-refractivity contribution in [1.82, 2.24) is 4.90 Å². The van der Waals surface area contributed by atoms with Gasteiger partial charge in [0.15, 0.2) is 0 Å². The molecule has 2 aromatic rings. The van der Waals surface area contributed by atoms with Gasteiger partial charge in [-0.05, 0) is 62.4 Å². The van der Waals surface area contributed by atoms with Gasteiger partial charge in [0.2, 0.25) is 11.8 Å². The number of halogens is 2. The maximum Gasteiger partial charge on any atom is 0.239 e. The summed E-state index contributed by atoms with van der Waals surface area (Å²) in [5.74, 6) is -2.53. The number of hydrogen-bond acceptors (Lipinski definition) is 2. The van der Waals surface area contributed by atoms with E-state index in [1.807, 2.05) is 32.0 Å². The van der Waals surface area contributed by atoms with Crippen molar-refractivity contribution in [2.24, 2.45) is 5.92 Å². The van der Waals surface area contributed by atoms with Gasteiger partial charge >= 0.3 is 0 Å². The topological polar surface area (TPSA) is 40.6 Å². The molecular formula is C23H24F2N2O2. The number of hydrogen-bond donors (Lipinski definition) is 0. The summed E-state index contributed by atoms with van der Waals surface area (Å²) in [6, 6.07) is 9.25. The van der Waals surface area contributed by atoms with Gasteiger partial charge in [0.05, 0.1) is 0 Å². The summed E-state index contributed by atoms with van der Waals surface area (Å²) in [5, 5.41) is 0. The average Bonchev–Trinajstić information content (AvgIpc) is 3.45. The molecule has 0 spiro atoms. The van der Waals surface area contributed by atoms with Crippen molar-refractivity contribution in [2.45, 2.75) is 45.7 Å². The van der Waals surface area contributed by atoms with Crippen LogP contribution in [0.2, 0.25) is 0 Å². The van der Waals surface area contributed by atoms with E-state index in [4.69, 9.17) is 0 Å². The first-order valence-electron chi connectivity index (χ1n) is 9.98. The highest BCUT2D eigenvalue weighted by Gasteiger charge is 2.43. The smallest absolute Gasteiger partial charge is 0.239 e. The van der Waals surface area contributed by atoms with Crippen LogP contribution < -0.4 is 4.90 Å². The van der Waals surface area contributed by atoms with Crippen molar-refractivity contribution in [3.63, 3.8) is 0 Å². The second kappa shape index (κ2) is 7.58. The highest BCUT2D eigenvalue weighted by atomic mass is 19.1. The van der Waals surface area contributed by atoms with E-state index in [0.717, 1.165) is 35.7 Å². The Kier molecular flexibility index (Phi) is 5.11. The van der Waals surface area contributed by atoms with Crippen LogP contribution in [-0.4, -0.2) is 29.3 Å². The summed E-state index contributed by atoms with van der Waals surface area (Å²) in [7, 11) is 0. The number of carbonyl (C=O) groups excluding carboxylic acids is 2. The van der Waals surface area contributed by atoms with Crippen molar-refractivity contribution in [2.75, 3.05) is 11.4 Å². The zero-order valence-electron chi connectivity index (χ0n) is 16.6. The van der Waals surface area contributed by atoms with E-state index in [1.54, 1.807) is 9.80 Å². The van der Waals surface area contributed by atoms with Gasteiger partial charge in [-0.3, -0.25) is 9.59 Å². The molecule has 152 valence electrons. The van der Waals surface area contributed by atoms with E-state index in [0.29, 0.717) is 13.0 Å². The minimum atomic E-state index is -0.749. The maximum atomic E-state index is 14.1. The highest BCUT2D eigenvalue weighted by molar-refractivity contribution is 6.09. The van der Waals surface area contributed by atoms with Crippen LogP contribution >= 0.6 is 0 Å². The first-order valence-corrected chi connectivity index (χ1v) is 9.98. The Hall–Kier alpha value is -2.76. The molecule has 1 heterocycles. The van der Waals surface area contributed by atoms with Crippen LogP contribution in [0.25, 0.3) is 0 Å². The Labute approximate surface area is 169 Å². The van der Waals surface area contributed by atoms with Crippen LogP contribution in [0.4, 0.5) is 14.5 Å². The molecule has 6 heteroatoms. The summed E-state index contributed by atoms with van der Waals surface area (Å²) in [6.45, 7) is 4.55. The first-order chi connectivity index (χ1) is 13.8. The second-order valence-corrected chi connectivity index (χ2v) is 8.03. The number of rotatable bonds is 5.